The first kappa shape index (κ1) is 43.8. The zero-order chi connectivity index (χ0) is 45.6. The maximum Gasteiger partial charge on any atom is 0.336 e. The molecule has 0 atom stereocenters. The van der Waals surface area contributed by atoms with Crippen LogP contribution in [0.3, 0.4) is 0 Å². The molecule has 6 rings (SSSR count). The van der Waals surface area contributed by atoms with E-state index in [1.165, 1.54) is 67.7 Å². The first-order valence-corrected chi connectivity index (χ1v) is 18.8. The highest BCUT2D eigenvalue weighted by Gasteiger charge is 2.25. The Morgan fingerprint density at radius 2 is 0.810 bits per heavy atom. The summed E-state index contributed by atoms with van der Waals surface area (Å²) in [5, 5.41) is 46.1. The van der Waals surface area contributed by atoms with Crippen LogP contribution in [-0.4, -0.2) is 69.1 Å². The molecule has 6 aromatic carbocycles. The van der Waals surface area contributed by atoms with E-state index in [2.05, 4.69) is 16.0 Å². The summed E-state index contributed by atoms with van der Waals surface area (Å²) in [6, 6.07) is 31.1. The van der Waals surface area contributed by atoms with Crippen LogP contribution in [0, 0.1) is 0 Å². The van der Waals surface area contributed by atoms with Crippen LogP contribution in [0.1, 0.15) is 97.5 Å². The number of carboxylic acids is 4. The van der Waals surface area contributed by atoms with Crippen molar-refractivity contribution in [1.29, 1.82) is 0 Å². The van der Waals surface area contributed by atoms with E-state index in [0.717, 1.165) is 29.3 Å². The van der Waals surface area contributed by atoms with Crippen LogP contribution in [0.25, 0.3) is 0 Å². The lowest BCUT2D eigenvalue weighted by atomic mass is 9.78. The van der Waals surface area contributed by atoms with Crippen LogP contribution < -0.4 is 25.4 Å². The molecule has 6 aromatic rings. The molecule has 0 heterocycles. The van der Waals surface area contributed by atoms with Crippen molar-refractivity contribution in [3.8, 4) is 23.0 Å². The molecule has 0 aliphatic rings. The van der Waals surface area contributed by atoms with Crippen molar-refractivity contribution in [3.05, 3.63) is 177 Å². The van der Waals surface area contributed by atoms with Gasteiger partial charge in [-0.2, -0.15) is 0 Å². The minimum Gasteiger partial charge on any atom is -0.478 e. The number of anilines is 2. The molecule has 0 saturated heterocycles. The number of carbonyl (C=O) groups is 7. The second kappa shape index (κ2) is 18.2. The minimum atomic E-state index is -1.45. The van der Waals surface area contributed by atoms with Crippen molar-refractivity contribution in [2.75, 3.05) is 17.7 Å². The van der Waals surface area contributed by atoms with E-state index in [4.69, 9.17) is 9.47 Å². The molecular formula is C47H37N3O13. The lowest BCUT2D eigenvalue weighted by molar-refractivity contribution is 0.0682. The summed E-state index contributed by atoms with van der Waals surface area (Å²) >= 11 is 0. The first-order valence-electron chi connectivity index (χ1n) is 18.8. The molecule has 16 nitrogen and oxygen atoms in total. The van der Waals surface area contributed by atoms with E-state index in [1.54, 1.807) is 24.3 Å². The number of hydrogen-bond acceptors (Lipinski definition) is 9. The predicted octanol–water partition coefficient (Wildman–Crippen LogP) is 8.25. The Labute approximate surface area is 358 Å². The summed E-state index contributed by atoms with van der Waals surface area (Å²) in [4.78, 5) is 86.1. The fraction of sp³-hybridized carbons (Fsp3) is 0.0851. The number of hydrogen-bond donors (Lipinski definition) is 7. The lowest BCUT2D eigenvalue weighted by Gasteiger charge is -2.26. The van der Waals surface area contributed by atoms with E-state index < -0.39 is 52.6 Å². The molecule has 63 heavy (non-hydrogen) atoms. The normalized spacial score (nSPS) is 10.8. The minimum absolute atomic E-state index is 0.00510. The van der Waals surface area contributed by atoms with E-state index in [9.17, 15) is 54.0 Å². The number of benzene rings is 6. The van der Waals surface area contributed by atoms with Crippen LogP contribution in [0.15, 0.2) is 127 Å². The average Bonchev–Trinajstić information content (AvgIpc) is 3.26. The molecule has 0 unspecified atom stereocenters. The second-order valence-electron chi connectivity index (χ2n) is 14.3. The maximum absolute atomic E-state index is 13.4. The molecule has 0 aliphatic carbocycles. The number of carboxylic acid groups (broad SMARTS) is 4. The Morgan fingerprint density at radius 1 is 0.429 bits per heavy atom. The van der Waals surface area contributed by atoms with Crippen molar-refractivity contribution >= 4 is 53.0 Å². The van der Waals surface area contributed by atoms with E-state index in [-0.39, 0.29) is 56.3 Å². The number of amides is 3. The molecule has 0 fully saturated rings. The summed E-state index contributed by atoms with van der Waals surface area (Å²) < 4.78 is 11.8. The van der Waals surface area contributed by atoms with Gasteiger partial charge in [0.1, 0.15) is 23.0 Å². The molecule has 318 valence electrons. The van der Waals surface area contributed by atoms with Crippen LogP contribution in [0.5, 0.6) is 23.0 Å². The Balaban J connectivity index is 1.14. The van der Waals surface area contributed by atoms with Crippen LogP contribution >= 0.6 is 0 Å². The van der Waals surface area contributed by atoms with E-state index in [1.807, 2.05) is 38.1 Å². The molecule has 0 radical (unpaired) electrons. The molecular weight excluding hydrogens is 815 g/mol. The number of carbonyl (C=O) groups excluding carboxylic acids is 3. The van der Waals surface area contributed by atoms with Gasteiger partial charge in [-0.1, -0.05) is 50.2 Å². The highest BCUT2D eigenvalue weighted by atomic mass is 16.5. The third kappa shape index (κ3) is 9.99. The molecule has 0 saturated carbocycles. The summed E-state index contributed by atoms with van der Waals surface area (Å²) in [6.45, 7) is 4.02. The third-order valence-corrected chi connectivity index (χ3v) is 9.88. The largest absolute Gasteiger partial charge is 0.478 e. The van der Waals surface area contributed by atoms with Crippen molar-refractivity contribution in [2.45, 2.75) is 19.3 Å². The van der Waals surface area contributed by atoms with Gasteiger partial charge in [0.05, 0.1) is 38.9 Å². The van der Waals surface area contributed by atoms with Crippen molar-refractivity contribution in [1.82, 2.24) is 5.32 Å². The van der Waals surface area contributed by atoms with Gasteiger partial charge in [0.25, 0.3) is 17.7 Å². The fourth-order valence-electron chi connectivity index (χ4n) is 6.54. The van der Waals surface area contributed by atoms with Crippen LogP contribution in [0.4, 0.5) is 11.4 Å². The smallest absolute Gasteiger partial charge is 0.336 e. The van der Waals surface area contributed by atoms with Crippen LogP contribution in [-0.2, 0) is 5.41 Å². The second-order valence-corrected chi connectivity index (χ2v) is 14.3. The monoisotopic (exact) mass is 851 g/mol. The molecule has 0 bridgehead atoms. The van der Waals surface area contributed by atoms with Gasteiger partial charge in [0.15, 0.2) is 0 Å². The Morgan fingerprint density at radius 3 is 1.21 bits per heavy atom. The highest BCUT2D eigenvalue weighted by Crippen LogP contribution is 2.35. The molecule has 0 spiro atoms. The highest BCUT2D eigenvalue weighted by molar-refractivity contribution is 6.13. The number of rotatable bonds is 15. The lowest BCUT2D eigenvalue weighted by Crippen LogP contribution is -2.21. The Kier molecular flexibility index (Phi) is 12.7. The van der Waals surface area contributed by atoms with Crippen LogP contribution in [0.2, 0.25) is 0 Å². The van der Waals surface area contributed by atoms with E-state index >= 15 is 0 Å². The zero-order valence-electron chi connectivity index (χ0n) is 33.6. The van der Waals surface area contributed by atoms with Gasteiger partial charge >= 0.3 is 23.9 Å². The standard InChI is InChI=1S/C47H37N3O13/c1-47(2,26-8-12-30(13-9-26)62-32-16-18-35(40(51)48-3)38(23-32)45(58)59)27-10-14-31(15-11-27)63-33-17-19-36(39(24-33)46(60)61)42(53)50-29-21-25(43(54)55)20-28(22-29)49-41(52)34-6-4-5-7-37(34)44(56)57/h4-24H,1-3H3,(H,48,51)(H,49,52)(H,50,53)(H,54,55)(H,56,57)(H,58,59)(H,60,61). The number of ether oxygens (including phenoxy) is 2. The summed E-state index contributed by atoms with van der Waals surface area (Å²) in [5.41, 5.74) is -0.604. The van der Waals surface area contributed by atoms with Crippen molar-refractivity contribution in [2.24, 2.45) is 0 Å². The Hall–Kier alpha value is -8.79. The van der Waals surface area contributed by atoms with Gasteiger partial charge in [0.2, 0.25) is 0 Å². The molecule has 0 aromatic heterocycles. The van der Waals surface area contributed by atoms with Gasteiger partial charge in [-0.15, -0.1) is 0 Å². The summed E-state index contributed by atoms with van der Waals surface area (Å²) in [5.74, 6) is -6.63. The van der Waals surface area contributed by atoms with E-state index in [0.29, 0.717) is 11.5 Å². The molecule has 3 amide bonds. The predicted molar refractivity (Wildman–Crippen MR) is 228 cm³/mol. The quantitative estimate of drug-likeness (QED) is 0.0514. The van der Waals surface area contributed by atoms with Gasteiger partial charge < -0.3 is 45.9 Å². The van der Waals surface area contributed by atoms with Crippen molar-refractivity contribution < 1.29 is 63.5 Å². The first-order chi connectivity index (χ1) is 29.9. The SMILES string of the molecule is CNC(=O)c1ccc(Oc2ccc(C(C)(C)c3ccc(Oc4ccc(C(=O)Nc5cc(NC(=O)c6ccccc6C(=O)O)cc(C(=O)O)c5)c(C(=O)O)c4)cc3)cc2)cc1C(=O)O. The summed E-state index contributed by atoms with van der Waals surface area (Å²) in [7, 11) is 1.41. The van der Waals surface area contributed by atoms with Gasteiger partial charge in [-0.3, -0.25) is 14.4 Å². The molecule has 16 heteroatoms. The topological polar surface area (TPSA) is 255 Å². The van der Waals surface area contributed by atoms with Crippen molar-refractivity contribution in [3.63, 3.8) is 0 Å². The third-order valence-electron chi connectivity index (χ3n) is 9.88. The van der Waals surface area contributed by atoms with Gasteiger partial charge in [0, 0.05) is 23.8 Å². The summed E-state index contributed by atoms with van der Waals surface area (Å²) in [6.07, 6.45) is 0. The fourth-order valence-corrected chi connectivity index (χ4v) is 6.54. The zero-order valence-corrected chi connectivity index (χ0v) is 33.6. The van der Waals surface area contributed by atoms with Gasteiger partial charge in [-0.05, 0) is 102 Å². The Bertz CT molecular complexity index is 2820. The van der Waals surface area contributed by atoms with Gasteiger partial charge in [-0.25, -0.2) is 19.2 Å². The molecule has 0 aliphatic heterocycles. The number of nitrogens with one attached hydrogen (secondary N) is 3. The maximum atomic E-state index is 13.4. The average molecular weight is 852 g/mol. The molecule has 7 N–H and O–H groups in total. The number of aromatic carboxylic acids is 4.